The van der Waals surface area contributed by atoms with Gasteiger partial charge in [-0.15, -0.1) is 5.10 Å². The molecule has 0 spiro atoms. The molecule has 5 aromatic rings. The summed E-state index contributed by atoms with van der Waals surface area (Å²) in [7, 11) is -2.75. The van der Waals surface area contributed by atoms with Crippen LogP contribution in [-0.4, -0.2) is 52.3 Å². The molecule has 1 aliphatic rings. The molecule has 1 unspecified atom stereocenters. The molecule has 1 amide bonds. The zero-order valence-corrected chi connectivity index (χ0v) is 31.6. The smallest absolute Gasteiger partial charge is 0.416 e. The summed E-state index contributed by atoms with van der Waals surface area (Å²) in [6.07, 6.45) is -1.20. The van der Waals surface area contributed by atoms with E-state index < -0.39 is 33.1 Å². The van der Waals surface area contributed by atoms with E-state index in [1.54, 1.807) is 36.3 Å². The Kier molecular flexibility index (Phi) is 10.2. The fourth-order valence-corrected chi connectivity index (χ4v) is 9.13. The van der Waals surface area contributed by atoms with Crippen molar-refractivity contribution in [2.24, 2.45) is 11.3 Å². The number of ether oxygens (including phenoxy) is 1. The van der Waals surface area contributed by atoms with Crippen LogP contribution in [0.1, 0.15) is 72.6 Å². The minimum atomic E-state index is -4.70. The van der Waals surface area contributed by atoms with Crippen LogP contribution in [-0.2, 0) is 40.5 Å². The highest BCUT2D eigenvalue weighted by Crippen LogP contribution is 2.47. The first-order chi connectivity index (χ1) is 25.0. The number of carbonyl (C=O) groups excluding carboxylic acids is 1. The van der Waals surface area contributed by atoms with Gasteiger partial charge in [-0.2, -0.15) is 17.5 Å². The molecular weight excluding hydrogens is 706 g/mol. The fourth-order valence-electron chi connectivity index (χ4n) is 7.33. The van der Waals surface area contributed by atoms with Gasteiger partial charge in [-0.1, -0.05) is 50.3 Å². The molecule has 3 heterocycles. The summed E-state index contributed by atoms with van der Waals surface area (Å²) in [4.78, 5) is 18.1. The Morgan fingerprint density at radius 2 is 1.85 bits per heavy atom. The summed E-state index contributed by atoms with van der Waals surface area (Å²) in [5, 5.41) is 11.8. The van der Waals surface area contributed by atoms with E-state index >= 15 is 0 Å². The Bertz CT molecular complexity index is 2290. The highest BCUT2D eigenvalue weighted by atomic mass is 32.2. The lowest BCUT2D eigenvalue weighted by Gasteiger charge is -2.35. The van der Waals surface area contributed by atoms with Crippen molar-refractivity contribution in [3.63, 3.8) is 0 Å². The molecule has 1 aliphatic heterocycles. The lowest BCUT2D eigenvalue weighted by atomic mass is 9.69. The number of fused-ring (bicyclic) bond motifs is 2. The minimum Gasteiger partial charge on any atom is -0.494 e. The summed E-state index contributed by atoms with van der Waals surface area (Å²) in [5.74, 6) is -0.519. The second-order valence-corrected chi connectivity index (χ2v) is 16.3. The second-order valence-electron chi connectivity index (χ2n) is 14.4. The molecule has 53 heavy (non-hydrogen) atoms. The van der Waals surface area contributed by atoms with Crippen LogP contribution in [0.2, 0.25) is 0 Å². The number of rotatable bonds is 9. The van der Waals surface area contributed by atoms with Crippen molar-refractivity contribution >= 4 is 32.7 Å². The summed E-state index contributed by atoms with van der Waals surface area (Å²) < 4.78 is 78.5. The first-order valence-electron chi connectivity index (χ1n) is 17.4. The molecule has 2 aromatic heterocycles. The van der Waals surface area contributed by atoms with Gasteiger partial charge in [0.2, 0.25) is 15.9 Å². The van der Waals surface area contributed by atoms with E-state index in [2.05, 4.69) is 20.6 Å². The summed E-state index contributed by atoms with van der Waals surface area (Å²) >= 11 is 0. The quantitative estimate of drug-likeness (QED) is 0.164. The van der Waals surface area contributed by atoms with Gasteiger partial charge in [0.05, 0.1) is 34.9 Å². The number of sulfonamides is 1. The number of alkyl halides is 3. The van der Waals surface area contributed by atoms with Crippen molar-refractivity contribution in [3.8, 4) is 5.75 Å². The maximum Gasteiger partial charge on any atom is 0.416 e. The minimum absolute atomic E-state index is 0.0801. The topological polar surface area (TPSA) is 119 Å². The molecule has 0 saturated heterocycles. The van der Waals surface area contributed by atoms with Crippen LogP contribution in [0.15, 0.2) is 71.9 Å². The van der Waals surface area contributed by atoms with Gasteiger partial charge in [-0.3, -0.25) is 9.78 Å². The van der Waals surface area contributed by atoms with Crippen LogP contribution in [0, 0.1) is 25.2 Å². The van der Waals surface area contributed by atoms with Crippen molar-refractivity contribution in [2.45, 2.75) is 78.0 Å². The van der Waals surface area contributed by atoms with E-state index in [1.165, 1.54) is 10.4 Å². The van der Waals surface area contributed by atoms with Crippen molar-refractivity contribution in [2.75, 3.05) is 19.0 Å². The Morgan fingerprint density at radius 1 is 1.09 bits per heavy atom. The largest absolute Gasteiger partial charge is 0.494 e. The Morgan fingerprint density at radius 3 is 2.51 bits per heavy atom. The number of methoxy groups -OCH3 is 1. The fraction of sp³-hybridized carbons (Fsp3) is 0.385. The normalized spacial score (nSPS) is 16.9. The molecule has 0 aliphatic carbocycles. The number of hydrogen-bond donors (Lipinski definition) is 1. The van der Waals surface area contributed by atoms with Crippen LogP contribution >= 0.6 is 0 Å². The molecule has 6 rings (SSSR count). The molecule has 2 atom stereocenters. The van der Waals surface area contributed by atoms with Gasteiger partial charge in [-0.25, -0.2) is 13.1 Å². The molecule has 14 heteroatoms. The lowest BCUT2D eigenvalue weighted by Crippen LogP contribution is -2.37. The molecule has 280 valence electrons. The van der Waals surface area contributed by atoms with Gasteiger partial charge in [0.15, 0.2) is 0 Å². The maximum atomic E-state index is 14.3. The number of amides is 1. The first kappa shape index (κ1) is 37.9. The van der Waals surface area contributed by atoms with Crippen LogP contribution in [0.5, 0.6) is 5.75 Å². The summed E-state index contributed by atoms with van der Waals surface area (Å²) in [5.41, 5.74) is 3.85. The van der Waals surface area contributed by atoms with Crippen molar-refractivity contribution < 1.29 is 31.1 Å². The number of anilines is 1. The molecular formula is C39H43F3N6O4S. The van der Waals surface area contributed by atoms with Crippen LogP contribution in [0.25, 0.3) is 11.0 Å². The van der Waals surface area contributed by atoms with Gasteiger partial charge >= 0.3 is 6.18 Å². The zero-order chi connectivity index (χ0) is 38.5. The van der Waals surface area contributed by atoms with Crippen LogP contribution < -0.4 is 10.1 Å². The third kappa shape index (κ3) is 7.13. The maximum absolute atomic E-state index is 14.3. The number of halogens is 3. The van der Waals surface area contributed by atoms with Gasteiger partial charge in [-0.05, 0) is 96.8 Å². The Balaban J connectivity index is 1.49. The zero-order valence-electron chi connectivity index (χ0n) is 30.7. The lowest BCUT2D eigenvalue weighted by molar-refractivity contribution is -0.137. The predicted octanol–water partition coefficient (Wildman–Crippen LogP) is 7.67. The van der Waals surface area contributed by atoms with E-state index in [9.17, 15) is 26.4 Å². The first-order valence-corrected chi connectivity index (χ1v) is 18.8. The molecule has 0 fully saturated rings. The summed E-state index contributed by atoms with van der Waals surface area (Å²) in [6.45, 7) is 11.9. The van der Waals surface area contributed by atoms with E-state index in [0.29, 0.717) is 41.0 Å². The van der Waals surface area contributed by atoms with Crippen molar-refractivity contribution in [3.05, 3.63) is 106 Å². The number of benzene rings is 3. The Hall–Kier alpha value is -4.82. The SMILES string of the molecule is CCn1nnc2c(C)c(C(c3ccc(C)c(CN4C[C@@H](C)Cc5ccc(C(F)(F)F)cc5S4(=O)=O)c3)C(C)(C)C(=O)Nc3cccnc3)cc(OC)c21. The number of aryl methyl sites for hydroxylation is 3. The van der Waals surface area contributed by atoms with Gasteiger partial charge < -0.3 is 10.1 Å². The Labute approximate surface area is 307 Å². The van der Waals surface area contributed by atoms with E-state index in [0.717, 1.165) is 39.9 Å². The third-order valence-electron chi connectivity index (χ3n) is 10.2. The van der Waals surface area contributed by atoms with Gasteiger partial charge in [0.1, 0.15) is 16.8 Å². The van der Waals surface area contributed by atoms with Crippen molar-refractivity contribution in [1.82, 2.24) is 24.3 Å². The number of pyridine rings is 1. The predicted molar refractivity (Wildman–Crippen MR) is 196 cm³/mol. The number of hydrogen-bond acceptors (Lipinski definition) is 7. The molecule has 1 N–H and O–H groups in total. The average molecular weight is 749 g/mol. The van der Waals surface area contributed by atoms with Crippen molar-refractivity contribution in [1.29, 1.82) is 0 Å². The number of nitrogens with zero attached hydrogens (tertiary/aromatic N) is 5. The van der Waals surface area contributed by atoms with E-state index in [-0.39, 0.29) is 29.8 Å². The van der Waals surface area contributed by atoms with Gasteiger partial charge in [0, 0.05) is 31.7 Å². The van der Waals surface area contributed by atoms with Crippen LogP contribution in [0.4, 0.5) is 18.9 Å². The van der Waals surface area contributed by atoms with Gasteiger partial charge in [0.25, 0.3) is 0 Å². The standard InChI is InChI=1S/C39H43F3N6O4S/c1-8-48-36-32(52-7)19-31(25(4)35(36)45-46-48)34(38(5,6)37(49)44-30-10-9-15-43-20-30)27-12-11-24(3)28(17-27)22-47-21-23(2)16-26-13-14-29(39(40,41)42)18-33(26)53(47,50)51/h9-15,17-20,23,34H,8,16,21-22H2,1-7H3,(H,44,49)/t23-,34?/m0/s1. The highest BCUT2D eigenvalue weighted by Gasteiger charge is 2.42. The highest BCUT2D eigenvalue weighted by molar-refractivity contribution is 7.89. The number of carbonyl (C=O) groups is 1. The molecule has 0 saturated carbocycles. The monoisotopic (exact) mass is 748 g/mol. The molecule has 0 bridgehead atoms. The number of aromatic nitrogens is 4. The third-order valence-corrected chi connectivity index (χ3v) is 12.1. The molecule has 10 nitrogen and oxygen atoms in total. The molecule has 0 radical (unpaired) electrons. The average Bonchev–Trinajstić information content (AvgIpc) is 3.51. The van der Waals surface area contributed by atoms with E-state index in [4.69, 9.17) is 4.74 Å². The summed E-state index contributed by atoms with van der Waals surface area (Å²) in [6, 6.07) is 14.1. The van der Waals surface area contributed by atoms with Crippen LogP contribution in [0.3, 0.4) is 0 Å². The number of nitrogens with one attached hydrogen (secondary N) is 1. The molecule has 3 aromatic carbocycles. The second kappa shape index (κ2) is 14.2. The van der Waals surface area contributed by atoms with E-state index in [1.807, 2.05) is 65.8 Å².